The number of anilines is 1. The number of para-hydroxylation sites is 1. The van der Waals surface area contributed by atoms with Gasteiger partial charge >= 0.3 is 0 Å². The van der Waals surface area contributed by atoms with Crippen LogP contribution in [0.1, 0.15) is 21.7 Å². The Balaban J connectivity index is 0.00000161. The summed E-state index contributed by atoms with van der Waals surface area (Å²) in [6.45, 7) is 2.41. The van der Waals surface area contributed by atoms with E-state index >= 15 is 0 Å². The first-order valence-electron chi connectivity index (χ1n) is 6.74. The fourth-order valence-corrected chi connectivity index (χ4v) is 2.62. The molecule has 5 heteroatoms. The SMILES string of the molecule is Cc1cccc(C(=O)N2CC(N)Cc3ccccc32)n1.Cl. The summed E-state index contributed by atoms with van der Waals surface area (Å²) in [6, 6.07) is 13.4. The fourth-order valence-electron chi connectivity index (χ4n) is 2.62. The van der Waals surface area contributed by atoms with Gasteiger partial charge in [0.05, 0.1) is 0 Å². The van der Waals surface area contributed by atoms with Crippen molar-refractivity contribution in [2.24, 2.45) is 5.73 Å². The van der Waals surface area contributed by atoms with Crippen LogP contribution in [-0.2, 0) is 6.42 Å². The largest absolute Gasteiger partial charge is 0.326 e. The van der Waals surface area contributed by atoms with Crippen LogP contribution in [0.5, 0.6) is 0 Å². The molecule has 0 bridgehead atoms. The van der Waals surface area contributed by atoms with E-state index in [1.54, 1.807) is 11.0 Å². The Hall–Kier alpha value is -1.91. The summed E-state index contributed by atoms with van der Waals surface area (Å²) < 4.78 is 0. The molecule has 0 saturated carbocycles. The predicted octanol–water partition coefficient (Wildman–Crippen LogP) is 2.34. The van der Waals surface area contributed by atoms with Crippen LogP contribution in [-0.4, -0.2) is 23.5 Å². The van der Waals surface area contributed by atoms with Gasteiger partial charge in [0.15, 0.2) is 0 Å². The highest BCUT2D eigenvalue weighted by molar-refractivity contribution is 6.05. The summed E-state index contributed by atoms with van der Waals surface area (Å²) >= 11 is 0. The second-order valence-corrected chi connectivity index (χ2v) is 5.17. The van der Waals surface area contributed by atoms with Gasteiger partial charge in [-0.15, -0.1) is 12.4 Å². The number of halogens is 1. The monoisotopic (exact) mass is 303 g/mol. The maximum Gasteiger partial charge on any atom is 0.276 e. The quantitative estimate of drug-likeness (QED) is 0.879. The molecule has 4 nitrogen and oxygen atoms in total. The highest BCUT2D eigenvalue weighted by Crippen LogP contribution is 2.27. The minimum absolute atomic E-state index is 0. The van der Waals surface area contributed by atoms with E-state index in [0.29, 0.717) is 12.2 Å². The van der Waals surface area contributed by atoms with Crippen molar-refractivity contribution >= 4 is 24.0 Å². The number of aromatic nitrogens is 1. The Kier molecular flexibility index (Phi) is 4.60. The zero-order valence-electron chi connectivity index (χ0n) is 11.8. The van der Waals surface area contributed by atoms with Gasteiger partial charge in [0.2, 0.25) is 0 Å². The van der Waals surface area contributed by atoms with Gasteiger partial charge in [0, 0.05) is 24.0 Å². The van der Waals surface area contributed by atoms with Gasteiger partial charge in [-0.2, -0.15) is 0 Å². The number of hydrogen-bond acceptors (Lipinski definition) is 3. The van der Waals surface area contributed by atoms with Crippen molar-refractivity contribution in [1.29, 1.82) is 0 Å². The Bertz CT molecular complexity index is 659. The number of nitrogens with two attached hydrogens (primary N) is 1. The van der Waals surface area contributed by atoms with E-state index in [0.717, 1.165) is 23.4 Å². The summed E-state index contributed by atoms with van der Waals surface area (Å²) in [5.41, 5.74) is 9.44. The molecule has 2 aromatic rings. The van der Waals surface area contributed by atoms with E-state index in [9.17, 15) is 4.79 Å². The molecule has 110 valence electrons. The topological polar surface area (TPSA) is 59.2 Å². The fraction of sp³-hybridized carbons (Fsp3) is 0.250. The van der Waals surface area contributed by atoms with Crippen LogP contribution in [0.15, 0.2) is 42.5 Å². The van der Waals surface area contributed by atoms with Gasteiger partial charge in [-0.3, -0.25) is 4.79 Å². The Labute approximate surface area is 130 Å². The van der Waals surface area contributed by atoms with Gasteiger partial charge in [-0.05, 0) is 37.1 Å². The zero-order valence-corrected chi connectivity index (χ0v) is 12.6. The Morgan fingerprint density at radius 3 is 2.76 bits per heavy atom. The third kappa shape index (κ3) is 3.06. The number of aryl methyl sites for hydroxylation is 1. The van der Waals surface area contributed by atoms with Crippen molar-refractivity contribution in [3.05, 3.63) is 59.4 Å². The van der Waals surface area contributed by atoms with E-state index in [-0.39, 0.29) is 24.4 Å². The molecule has 1 amide bonds. The molecule has 1 aromatic carbocycles. The van der Waals surface area contributed by atoms with Crippen LogP contribution in [0.3, 0.4) is 0 Å². The van der Waals surface area contributed by atoms with E-state index in [1.807, 2.05) is 43.3 Å². The number of nitrogens with zero attached hydrogens (tertiary/aromatic N) is 2. The van der Waals surface area contributed by atoms with Crippen molar-refractivity contribution in [3.63, 3.8) is 0 Å². The molecule has 1 aliphatic rings. The van der Waals surface area contributed by atoms with Crippen LogP contribution < -0.4 is 10.6 Å². The van der Waals surface area contributed by atoms with E-state index in [4.69, 9.17) is 5.73 Å². The highest BCUT2D eigenvalue weighted by atomic mass is 35.5. The average molecular weight is 304 g/mol. The second-order valence-electron chi connectivity index (χ2n) is 5.17. The van der Waals surface area contributed by atoms with Gasteiger partial charge in [-0.25, -0.2) is 4.98 Å². The van der Waals surface area contributed by atoms with Crippen LogP contribution >= 0.6 is 12.4 Å². The molecule has 0 fully saturated rings. The van der Waals surface area contributed by atoms with Gasteiger partial charge in [0.25, 0.3) is 5.91 Å². The van der Waals surface area contributed by atoms with Crippen molar-refractivity contribution in [3.8, 4) is 0 Å². The third-order valence-electron chi connectivity index (χ3n) is 3.53. The number of carbonyl (C=O) groups excluding carboxylic acids is 1. The number of hydrogen-bond donors (Lipinski definition) is 1. The molecule has 1 unspecified atom stereocenters. The lowest BCUT2D eigenvalue weighted by Crippen LogP contribution is -2.46. The van der Waals surface area contributed by atoms with Crippen LogP contribution in [0.25, 0.3) is 0 Å². The van der Waals surface area contributed by atoms with Crippen molar-refractivity contribution in [2.45, 2.75) is 19.4 Å². The first kappa shape index (κ1) is 15.5. The molecule has 2 heterocycles. The summed E-state index contributed by atoms with van der Waals surface area (Å²) in [5, 5.41) is 0. The molecule has 2 N–H and O–H groups in total. The lowest BCUT2D eigenvalue weighted by atomic mass is 9.98. The van der Waals surface area contributed by atoms with Gasteiger partial charge in [-0.1, -0.05) is 24.3 Å². The number of rotatable bonds is 1. The van der Waals surface area contributed by atoms with E-state index in [2.05, 4.69) is 4.98 Å². The van der Waals surface area contributed by atoms with Gasteiger partial charge in [0.1, 0.15) is 5.69 Å². The number of amides is 1. The molecule has 1 atom stereocenters. The maximum atomic E-state index is 12.7. The smallest absolute Gasteiger partial charge is 0.276 e. The van der Waals surface area contributed by atoms with Crippen molar-refractivity contribution in [1.82, 2.24) is 4.98 Å². The number of pyridine rings is 1. The molecule has 21 heavy (non-hydrogen) atoms. The minimum atomic E-state index is -0.0868. The molecular weight excluding hydrogens is 286 g/mol. The zero-order chi connectivity index (χ0) is 14.1. The summed E-state index contributed by atoms with van der Waals surface area (Å²) in [4.78, 5) is 18.7. The molecule has 0 radical (unpaired) electrons. The molecule has 1 aromatic heterocycles. The molecule has 0 aliphatic carbocycles. The van der Waals surface area contributed by atoms with E-state index in [1.165, 1.54) is 0 Å². The molecule has 0 saturated heterocycles. The minimum Gasteiger partial charge on any atom is -0.326 e. The van der Waals surface area contributed by atoms with E-state index < -0.39 is 0 Å². The summed E-state index contributed by atoms with van der Waals surface area (Å²) in [6.07, 6.45) is 0.807. The predicted molar refractivity (Wildman–Crippen MR) is 86.0 cm³/mol. The number of carbonyl (C=O) groups is 1. The highest BCUT2D eigenvalue weighted by Gasteiger charge is 2.27. The second kappa shape index (κ2) is 6.24. The normalized spacial score (nSPS) is 16.9. The van der Waals surface area contributed by atoms with Gasteiger partial charge < -0.3 is 10.6 Å². The average Bonchev–Trinajstić information content (AvgIpc) is 2.45. The van der Waals surface area contributed by atoms with Crippen LogP contribution in [0.4, 0.5) is 5.69 Å². The Morgan fingerprint density at radius 1 is 1.24 bits per heavy atom. The standard InChI is InChI=1S/C16H17N3O.ClH/c1-11-5-4-7-14(18-11)16(20)19-10-13(17)9-12-6-2-3-8-15(12)19;/h2-8,13H,9-10,17H2,1H3;1H. The lowest BCUT2D eigenvalue weighted by Gasteiger charge is -2.32. The summed E-state index contributed by atoms with van der Waals surface area (Å²) in [7, 11) is 0. The maximum absolute atomic E-state index is 12.7. The number of benzene rings is 1. The molecule has 3 rings (SSSR count). The molecule has 0 spiro atoms. The first-order chi connectivity index (χ1) is 9.65. The number of fused-ring (bicyclic) bond motifs is 1. The lowest BCUT2D eigenvalue weighted by molar-refractivity contribution is 0.0978. The molecular formula is C16H18ClN3O. The Morgan fingerprint density at radius 2 is 2.00 bits per heavy atom. The first-order valence-corrected chi connectivity index (χ1v) is 6.74. The summed E-state index contributed by atoms with van der Waals surface area (Å²) in [5.74, 6) is -0.0868. The third-order valence-corrected chi connectivity index (χ3v) is 3.53. The van der Waals surface area contributed by atoms with Crippen LogP contribution in [0.2, 0.25) is 0 Å². The van der Waals surface area contributed by atoms with Crippen molar-refractivity contribution in [2.75, 3.05) is 11.4 Å². The van der Waals surface area contributed by atoms with Crippen molar-refractivity contribution < 1.29 is 4.79 Å². The molecule has 1 aliphatic heterocycles. The van der Waals surface area contributed by atoms with Crippen LogP contribution in [0, 0.1) is 6.92 Å².